The molecule has 10 nitrogen and oxygen atoms in total. The van der Waals surface area contributed by atoms with Crippen LogP contribution in [0, 0.1) is 11.6 Å². The number of carbonyl (C=O) groups is 1. The smallest absolute Gasteiger partial charge is 0.335 e. The third-order valence-electron chi connectivity index (χ3n) is 8.26. The molecule has 0 bridgehead atoms. The Morgan fingerprint density at radius 3 is 2.77 bits per heavy atom. The molecule has 2 aromatic carbocycles. The highest BCUT2D eigenvalue weighted by Gasteiger charge is 2.29. The van der Waals surface area contributed by atoms with Crippen molar-refractivity contribution < 1.29 is 23.5 Å². The number of halogens is 2. The first-order valence-corrected chi connectivity index (χ1v) is 14.4. The molecular weight excluding hydrogens is 556 g/mol. The molecule has 2 unspecified atom stereocenters. The van der Waals surface area contributed by atoms with E-state index < -0.39 is 17.6 Å². The fourth-order valence-corrected chi connectivity index (χ4v) is 5.82. The molecule has 1 saturated heterocycles. The molecule has 6 rings (SSSR count). The number of hydrogen-bond acceptors (Lipinski definition) is 6. The predicted octanol–water partition coefficient (Wildman–Crippen LogP) is 4.87. The first-order chi connectivity index (χ1) is 20.8. The van der Waals surface area contributed by atoms with Gasteiger partial charge in [-0.3, -0.25) is 4.90 Å². The Bertz CT molecular complexity index is 1760. The summed E-state index contributed by atoms with van der Waals surface area (Å²) in [5.74, 6) is -1.15. The zero-order valence-electron chi connectivity index (χ0n) is 24.0. The summed E-state index contributed by atoms with van der Waals surface area (Å²) in [6.45, 7) is 6.96. The lowest BCUT2D eigenvalue weighted by Crippen LogP contribution is -2.40. The standard InChI is InChI=1S/C31H33F2N7O3/c1-3-37-19-34-15-25(37)16-39-29-13-22(31(41)42)5-7-28(29)35-30(39)17-38-10-8-21(12-20(38)2)27-9-11-40(36-27)43-18-23-4-6-24(32)14-26(23)33/h4-7,9,11,13-15,19-21H,3,8,10,12,16-18H2,1-2H3,(H,41,42). The Morgan fingerprint density at radius 2 is 2.00 bits per heavy atom. The Balaban J connectivity index is 1.16. The van der Waals surface area contributed by atoms with E-state index in [1.54, 1.807) is 30.7 Å². The van der Waals surface area contributed by atoms with E-state index in [-0.39, 0.29) is 29.7 Å². The van der Waals surface area contributed by atoms with Crippen molar-refractivity contribution in [1.82, 2.24) is 33.9 Å². The van der Waals surface area contributed by atoms with Crippen molar-refractivity contribution >= 4 is 17.0 Å². The van der Waals surface area contributed by atoms with Crippen LogP contribution in [0.4, 0.5) is 8.78 Å². The van der Waals surface area contributed by atoms with Gasteiger partial charge in [0.25, 0.3) is 0 Å². The van der Waals surface area contributed by atoms with Gasteiger partial charge in [0, 0.05) is 36.3 Å². The summed E-state index contributed by atoms with van der Waals surface area (Å²) in [6, 6.07) is 10.6. The predicted molar refractivity (Wildman–Crippen MR) is 154 cm³/mol. The van der Waals surface area contributed by atoms with Crippen LogP contribution in [0.1, 0.15) is 65.7 Å². The van der Waals surface area contributed by atoms with Crippen molar-refractivity contribution in [1.29, 1.82) is 0 Å². The highest BCUT2D eigenvalue weighted by atomic mass is 19.1. The number of hydrogen-bond donors (Lipinski definition) is 1. The van der Waals surface area contributed by atoms with E-state index >= 15 is 0 Å². The number of likely N-dealkylation sites (tertiary alicyclic amines) is 1. The third-order valence-corrected chi connectivity index (χ3v) is 8.26. The van der Waals surface area contributed by atoms with Gasteiger partial charge in [-0.2, -0.15) is 0 Å². The van der Waals surface area contributed by atoms with E-state index in [0.29, 0.717) is 13.1 Å². The molecule has 0 radical (unpaired) electrons. The van der Waals surface area contributed by atoms with Crippen LogP contribution < -0.4 is 4.84 Å². The van der Waals surface area contributed by atoms with Crippen molar-refractivity contribution in [2.45, 2.75) is 64.9 Å². The van der Waals surface area contributed by atoms with Crippen LogP contribution in [0.3, 0.4) is 0 Å². The number of aryl methyl sites for hydroxylation is 1. The molecule has 5 aromatic rings. The van der Waals surface area contributed by atoms with Gasteiger partial charge < -0.3 is 19.1 Å². The molecule has 1 N–H and O–H groups in total. The Hall–Kier alpha value is -4.58. The normalized spacial score (nSPS) is 17.5. The molecule has 43 heavy (non-hydrogen) atoms. The lowest BCUT2D eigenvalue weighted by molar-refractivity contribution is 0.0659. The van der Waals surface area contributed by atoms with Gasteiger partial charge in [0.15, 0.2) is 0 Å². The van der Waals surface area contributed by atoms with E-state index in [1.165, 1.54) is 17.0 Å². The molecule has 3 aromatic heterocycles. The fourth-order valence-electron chi connectivity index (χ4n) is 5.82. The van der Waals surface area contributed by atoms with Crippen molar-refractivity contribution in [2.75, 3.05) is 6.54 Å². The molecule has 1 fully saturated rings. The number of aromatic carboxylic acids is 1. The number of aromatic nitrogens is 6. The SMILES string of the molecule is CCn1cncc1Cn1c(CN2CCC(c3ccn(OCc4ccc(F)cc4F)n3)CC2C)nc2ccc(C(=O)O)cc21. The fraction of sp³-hybridized carbons (Fsp3) is 0.355. The monoisotopic (exact) mass is 589 g/mol. The molecule has 0 aliphatic carbocycles. The molecule has 4 heterocycles. The number of carboxylic acid groups (broad SMARTS) is 1. The molecule has 224 valence electrons. The molecule has 1 aliphatic rings. The van der Waals surface area contributed by atoms with Gasteiger partial charge in [0.1, 0.15) is 24.1 Å². The summed E-state index contributed by atoms with van der Waals surface area (Å²) in [5.41, 5.74) is 3.96. The second-order valence-corrected chi connectivity index (χ2v) is 11.0. The van der Waals surface area contributed by atoms with Crippen LogP contribution in [0.15, 0.2) is 61.2 Å². The van der Waals surface area contributed by atoms with E-state index in [0.717, 1.165) is 60.2 Å². The van der Waals surface area contributed by atoms with E-state index in [9.17, 15) is 18.7 Å². The Morgan fingerprint density at radius 1 is 1.14 bits per heavy atom. The van der Waals surface area contributed by atoms with Gasteiger partial charge in [0.2, 0.25) is 0 Å². The zero-order valence-corrected chi connectivity index (χ0v) is 24.0. The van der Waals surface area contributed by atoms with Gasteiger partial charge >= 0.3 is 5.97 Å². The minimum atomic E-state index is -0.971. The molecule has 12 heteroatoms. The largest absolute Gasteiger partial charge is 0.478 e. The molecular formula is C31H33F2N7O3. The maximum absolute atomic E-state index is 14.0. The average Bonchev–Trinajstić information content (AvgIpc) is 3.73. The van der Waals surface area contributed by atoms with Crippen LogP contribution in [-0.2, 0) is 26.2 Å². The van der Waals surface area contributed by atoms with Crippen molar-refractivity contribution in [3.05, 3.63) is 101 Å². The minimum Gasteiger partial charge on any atom is -0.478 e. The number of rotatable bonds is 10. The van der Waals surface area contributed by atoms with Gasteiger partial charge in [-0.15, -0.1) is 9.94 Å². The number of benzene rings is 2. The van der Waals surface area contributed by atoms with Gasteiger partial charge in [-0.05, 0) is 69.6 Å². The summed E-state index contributed by atoms with van der Waals surface area (Å²) >= 11 is 0. The van der Waals surface area contributed by atoms with Crippen LogP contribution in [0.25, 0.3) is 11.0 Å². The summed E-state index contributed by atoms with van der Waals surface area (Å²) in [5, 5.41) is 14.2. The number of carboxylic acids is 1. The molecule has 0 saturated carbocycles. The van der Waals surface area contributed by atoms with Gasteiger partial charge in [0.05, 0.1) is 53.6 Å². The van der Waals surface area contributed by atoms with Crippen LogP contribution in [0.5, 0.6) is 0 Å². The van der Waals surface area contributed by atoms with Crippen LogP contribution >= 0.6 is 0 Å². The van der Waals surface area contributed by atoms with Crippen LogP contribution in [-0.4, -0.2) is 57.6 Å². The van der Waals surface area contributed by atoms with Crippen molar-refractivity contribution in [2.24, 2.45) is 0 Å². The van der Waals surface area contributed by atoms with Crippen molar-refractivity contribution in [3.8, 4) is 0 Å². The van der Waals surface area contributed by atoms with E-state index in [2.05, 4.69) is 38.0 Å². The molecule has 0 spiro atoms. The number of fused-ring (bicyclic) bond motifs is 1. The summed E-state index contributed by atoms with van der Waals surface area (Å²) in [4.78, 5) is 30.3. The van der Waals surface area contributed by atoms with Crippen molar-refractivity contribution in [3.63, 3.8) is 0 Å². The number of piperidine rings is 1. The molecule has 1 aliphatic heterocycles. The summed E-state index contributed by atoms with van der Waals surface area (Å²) < 4.78 is 31.3. The lowest BCUT2D eigenvalue weighted by atomic mass is 9.89. The lowest BCUT2D eigenvalue weighted by Gasteiger charge is -2.37. The first kappa shape index (κ1) is 28.5. The summed E-state index contributed by atoms with van der Waals surface area (Å²) in [6.07, 6.45) is 7.13. The van der Waals surface area contributed by atoms with Gasteiger partial charge in [-0.1, -0.05) is 0 Å². The van der Waals surface area contributed by atoms with Gasteiger partial charge in [-0.25, -0.2) is 23.5 Å². The first-order valence-electron chi connectivity index (χ1n) is 14.4. The maximum Gasteiger partial charge on any atom is 0.335 e. The molecule has 2 atom stereocenters. The number of imidazole rings is 2. The minimum absolute atomic E-state index is 0.0594. The van der Waals surface area contributed by atoms with Crippen LogP contribution in [0.2, 0.25) is 0 Å². The zero-order chi connectivity index (χ0) is 30.1. The molecule has 0 amide bonds. The Labute approximate surface area is 247 Å². The number of nitrogens with zero attached hydrogens (tertiary/aromatic N) is 7. The second kappa shape index (κ2) is 12.0. The topological polar surface area (TPSA) is 103 Å². The highest BCUT2D eigenvalue weighted by Crippen LogP contribution is 2.32. The Kier molecular flexibility index (Phi) is 7.94. The summed E-state index contributed by atoms with van der Waals surface area (Å²) in [7, 11) is 0. The van der Waals surface area contributed by atoms with E-state index in [1.807, 2.05) is 12.3 Å². The second-order valence-electron chi connectivity index (χ2n) is 11.0. The maximum atomic E-state index is 14.0. The highest BCUT2D eigenvalue weighted by molar-refractivity contribution is 5.92. The quantitative estimate of drug-likeness (QED) is 0.248. The van der Waals surface area contributed by atoms with E-state index in [4.69, 9.17) is 9.82 Å². The average molecular weight is 590 g/mol. The third kappa shape index (κ3) is 6.00.